The molecule has 4 rings (SSSR count). The molecule has 0 aliphatic heterocycles. The van der Waals surface area contributed by atoms with Crippen LogP contribution in [0.3, 0.4) is 0 Å². The lowest BCUT2D eigenvalue weighted by molar-refractivity contribution is -0.137. The van der Waals surface area contributed by atoms with E-state index in [0.717, 1.165) is 12.1 Å². The first-order chi connectivity index (χ1) is 15.0. The van der Waals surface area contributed by atoms with Gasteiger partial charge >= 0.3 is 6.18 Å². The molecular formula is C23H16F5NO2S. The van der Waals surface area contributed by atoms with Crippen LogP contribution in [0.25, 0.3) is 5.57 Å². The number of nitrogens with one attached hydrogen (secondary N) is 1. The molecule has 0 saturated heterocycles. The molecule has 0 radical (unpaired) electrons. The lowest BCUT2D eigenvalue weighted by atomic mass is 9.91. The van der Waals surface area contributed by atoms with E-state index in [1.165, 1.54) is 37.3 Å². The third kappa shape index (κ3) is 3.77. The second kappa shape index (κ2) is 7.74. The van der Waals surface area contributed by atoms with Crippen molar-refractivity contribution in [3.63, 3.8) is 0 Å². The number of anilines is 1. The Morgan fingerprint density at radius 3 is 2.12 bits per heavy atom. The van der Waals surface area contributed by atoms with Crippen molar-refractivity contribution in [2.45, 2.75) is 23.9 Å². The summed E-state index contributed by atoms with van der Waals surface area (Å²) in [5.41, 5.74) is -0.0640. The largest absolute Gasteiger partial charge is 0.416 e. The summed E-state index contributed by atoms with van der Waals surface area (Å²) in [6.45, 7) is 1.45. The Hall–Kier alpha value is -3.20. The second-order valence-electron chi connectivity index (χ2n) is 7.32. The van der Waals surface area contributed by atoms with E-state index in [-0.39, 0.29) is 27.3 Å². The molecule has 0 aromatic heterocycles. The Bertz CT molecular complexity index is 1330. The van der Waals surface area contributed by atoms with E-state index in [1.807, 2.05) is 0 Å². The normalized spacial score (nSPS) is 16.2. The average molecular weight is 465 g/mol. The minimum atomic E-state index is -4.60. The van der Waals surface area contributed by atoms with Gasteiger partial charge in [-0.2, -0.15) is 13.2 Å². The van der Waals surface area contributed by atoms with Crippen molar-refractivity contribution in [3.05, 3.63) is 101 Å². The predicted molar refractivity (Wildman–Crippen MR) is 111 cm³/mol. The Morgan fingerprint density at radius 1 is 0.844 bits per heavy atom. The van der Waals surface area contributed by atoms with E-state index in [2.05, 4.69) is 4.72 Å². The number of hydrogen-bond donors (Lipinski definition) is 1. The summed E-state index contributed by atoms with van der Waals surface area (Å²) >= 11 is 0. The van der Waals surface area contributed by atoms with Crippen molar-refractivity contribution in [1.82, 2.24) is 0 Å². The van der Waals surface area contributed by atoms with Gasteiger partial charge in [0.25, 0.3) is 10.0 Å². The number of rotatable bonds is 4. The van der Waals surface area contributed by atoms with Crippen LogP contribution in [0.2, 0.25) is 0 Å². The van der Waals surface area contributed by atoms with Gasteiger partial charge in [0.15, 0.2) is 0 Å². The Morgan fingerprint density at radius 2 is 1.47 bits per heavy atom. The lowest BCUT2D eigenvalue weighted by Crippen LogP contribution is -2.16. The van der Waals surface area contributed by atoms with Crippen LogP contribution in [-0.4, -0.2) is 8.42 Å². The average Bonchev–Trinajstić information content (AvgIpc) is 2.99. The molecular weight excluding hydrogens is 449 g/mol. The van der Waals surface area contributed by atoms with Crippen molar-refractivity contribution < 1.29 is 30.4 Å². The monoisotopic (exact) mass is 465 g/mol. The van der Waals surface area contributed by atoms with Gasteiger partial charge in [0.1, 0.15) is 11.6 Å². The predicted octanol–water partition coefficient (Wildman–Crippen LogP) is 6.49. The summed E-state index contributed by atoms with van der Waals surface area (Å²) in [5.74, 6) is -2.21. The Balaban J connectivity index is 1.74. The van der Waals surface area contributed by atoms with Gasteiger partial charge in [-0.1, -0.05) is 30.3 Å². The maximum atomic E-state index is 15.2. The molecule has 1 unspecified atom stereocenters. The molecule has 0 spiro atoms. The van der Waals surface area contributed by atoms with E-state index in [9.17, 15) is 26.0 Å². The number of sulfonamides is 1. The summed E-state index contributed by atoms with van der Waals surface area (Å²) in [5, 5.41) is 0. The van der Waals surface area contributed by atoms with Crippen molar-refractivity contribution in [1.29, 1.82) is 0 Å². The summed E-state index contributed by atoms with van der Waals surface area (Å²) < 4.78 is 95.8. The molecule has 3 aromatic carbocycles. The van der Waals surface area contributed by atoms with Gasteiger partial charge in [-0.05, 0) is 60.0 Å². The summed E-state index contributed by atoms with van der Waals surface area (Å²) in [4.78, 5) is -0.384. The molecule has 1 atom stereocenters. The van der Waals surface area contributed by atoms with Crippen LogP contribution in [0.1, 0.15) is 35.1 Å². The molecule has 0 bridgehead atoms. The topological polar surface area (TPSA) is 46.2 Å². The number of fused-ring (bicyclic) bond motifs is 1. The molecule has 3 nitrogen and oxygen atoms in total. The zero-order valence-corrected chi connectivity index (χ0v) is 17.4. The van der Waals surface area contributed by atoms with Gasteiger partial charge in [-0.15, -0.1) is 0 Å². The minimum absolute atomic E-state index is 0.0393. The van der Waals surface area contributed by atoms with Gasteiger partial charge in [0.05, 0.1) is 22.1 Å². The smallest absolute Gasteiger partial charge is 0.279 e. The summed E-state index contributed by atoms with van der Waals surface area (Å²) in [6.07, 6.45) is -4.60. The van der Waals surface area contributed by atoms with Gasteiger partial charge in [-0.3, -0.25) is 4.72 Å². The number of halogens is 5. The number of para-hydroxylation sites is 1. The fourth-order valence-electron chi connectivity index (χ4n) is 3.82. The van der Waals surface area contributed by atoms with Crippen LogP contribution < -0.4 is 4.72 Å². The van der Waals surface area contributed by atoms with Crippen LogP contribution in [0.5, 0.6) is 0 Å². The van der Waals surface area contributed by atoms with Crippen LogP contribution in [0, 0.1) is 5.82 Å². The molecule has 1 N–H and O–H groups in total. The van der Waals surface area contributed by atoms with Gasteiger partial charge < -0.3 is 0 Å². The highest BCUT2D eigenvalue weighted by Crippen LogP contribution is 2.48. The molecule has 0 fully saturated rings. The molecule has 0 heterocycles. The van der Waals surface area contributed by atoms with Crippen LogP contribution in [0.15, 0.2) is 77.5 Å². The molecule has 3 aromatic rings. The van der Waals surface area contributed by atoms with Crippen molar-refractivity contribution in [2.75, 3.05) is 4.72 Å². The van der Waals surface area contributed by atoms with Crippen LogP contribution in [-0.2, 0) is 16.2 Å². The standard InChI is InChI=1S/C23H16F5NO2S/c1-13-20-17(6-4-7-18(20)24)21(22(13)25)16-5-2-3-8-19(16)29-32(30,31)15-11-9-14(10-12-15)23(26,27)28/h2-12,21,29H,1H3. The molecule has 1 aliphatic rings. The first-order valence-corrected chi connectivity index (χ1v) is 10.9. The van der Waals surface area contributed by atoms with E-state index >= 15 is 4.39 Å². The fourth-order valence-corrected chi connectivity index (χ4v) is 4.91. The number of alkyl halides is 3. The number of allylic oxidation sites excluding steroid dienone is 2. The van der Waals surface area contributed by atoms with Crippen molar-refractivity contribution in [3.8, 4) is 0 Å². The molecule has 9 heteroatoms. The highest BCUT2D eigenvalue weighted by Gasteiger charge is 2.35. The van der Waals surface area contributed by atoms with Crippen LogP contribution >= 0.6 is 0 Å². The Kier molecular flexibility index (Phi) is 5.32. The third-order valence-electron chi connectivity index (χ3n) is 5.35. The molecule has 166 valence electrons. The first kappa shape index (κ1) is 22.0. The first-order valence-electron chi connectivity index (χ1n) is 9.45. The van der Waals surface area contributed by atoms with E-state index in [0.29, 0.717) is 17.7 Å². The second-order valence-corrected chi connectivity index (χ2v) is 9.01. The maximum absolute atomic E-state index is 15.2. The Labute approximate surface area is 181 Å². The van der Waals surface area contributed by atoms with Gasteiger partial charge in [0.2, 0.25) is 0 Å². The quantitative estimate of drug-likeness (QED) is 0.448. The number of hydrogen-bond acceptors (Lipinski definition) is 2. The summed E-state index contributed by atoms with van der Waals surface area (Å²) in [7, 11) is -4.27. The van der Waals surface area contributed by atoms with E-state index in [4.69, 9.17) is 0 Å². The van der Waals surface area contributed by atoms with E-state index in [1.54, 1.807) is 12.1 Å². The van der Waals surface area contributed by atoms with Crippen LogP contribution in [0.4, 0.5) is 27.6 Å². The van der Waals surface area contributed by atoms with Gasteiger partial charge in [-0.25, -0.2) is 17.2 Å². The zero-order chi connectivity index (χ0) is 23.3. The van der Waals surface area contributed by atoms with Crippen molar-refractivity contribution >= 4 is 21.3 Å². The van der Waals surface area contributed by atoms with Crippen molar-refractivity contribution in [2.24, 2.45) is 0 Å². The lowest BCUT2D eigenvalue weighted by Gasteiger charge is -2.18. The third-order valence-corrected chi connectivity index (χ3v) is 6.73. The molecule has 0 amide bonds. The highest BCUT2D eigenvalue weighted by atomic mass is 32.2. The number of benzene rings is 3. The fraction of sp³-hybridized carbons (Fsp3) is 0.130. The summed E-state index contributed by atoms with van der Waals surface area (Å²) in [6, 6.07) is 13.3. The van der Waals surface area contributed by atoms with E-state index < -0.39 is 39.3 Å². The molecule has 32 heavy (non-hydrogen) atoms. The minimum Gasteiger partial charge on any atom is -0.279 e. The molecule has 0 saturated carbocycles. The van der Waals surface area contributed by atoms with Gasteiger partial charge in [0, 0.05) is 5.56 Å². The zero-order valence-electron chi connectivity index (χ0n) is 16.5. The SMILES string of the molecule is CC1=C(F)C(c2ccccc2NS(=O)(=O)c2ccc(C(F)(F)F)cc2)c2cccc(F)c21. The molecule has 1 aliphatic carbocycles. The maximum Gasteiger partial charge on any atom is 0.416 e. The highest BCUT2D eigenvalue weighted by molar-refractivity contribution is 7.92.